The number of carbonyl (C=O) groups excluding carboxylic acids is 1. The van der Waals surface area contributed by atoms with E-state index in [9.17, 15) is 9.59 Å². The molecule has 2 rings (SSSR count). The number of rotatable bonds is 4. The largest absolute Gasteiger partial charge is 0.385 e. The molecular weight excluding hydrogens is 366 g/mol. The van der Waals surface area contributed by atoms with Gasteiger partial charge in [0.1, 0.15) is 0 Å². The van der Waals surface area contributed by atoms with Crippen LogP contribution in [0.1, 0.15) is 15.9 Å². The van der Waals surface area contributed by atoms with Gasteiger partial charge in [0.15, 0.2) is 5.78 Å². The fraction of sp³-hybridized carbons (Fsp3) is 0.0588. The van der Waals surface area contributed by atoms with Crippen LogP contribution in [-0.4, -0.2) is 12.8 Å². The van der Waals surface area contributed by atoms with Crippen LogP contribution in [-0.2, 0) is 0 Å². The molecule has 0 saturated carbocycles. The molecule has 5 heteroatoms. The molecule has 22 heavy (non-hydrogen) atoms. The quantitative estimate of drug-likeness (QED) is 0.633. The molecule has 0 fully saturated rings. The molecule has 0 aliphatic heterocycles. The Bertz CT molecular complexity index is 786. The predicted molar refractivity (Wildman–Crippen MR) is 94.8 cm³/mol. The minimum Gasteiger partial charge on any atom is -0.385 e. The molecule has 0 atom stereocenters. The lowest BCUT2D eigenvalue weighted by atomic mass is 10.1. The first-order valence-corrected chi connectivity index (χ1v) is 7.68. The van der Waals surface area contributed by atoms with Crippen LogP contribution in [0.25, 0.3) is 6.08 Å². The highest BCUT2D eigenvalue weighted by Gasteiger charge is 2.10. The Kier molecular flexibility index (Phi) is 5.52. The van der Waals surface area contributed by atoms with Crippen LogP contribution < -0.4 is 10.7 Å². The molecule has 0 bridgehead atoms. The second-order valence-electron chi connectivity index (χ2n) is 4.52. The van der Waals surface area contributed by atoms with Crippen LogP contribution in [0.2, 0.25) is 5.02 Å². The minimum absolute atomic E-state index is 0.103. The lowest BCUT2D eigenvalue weighted by Gasteiger charge is -1.96. The molecule has 0 amide bonds. The number of halogens is 2. The van der Waals surface area contributed by atoms with Gasteiger partial charge >= 0.3 is 0 Å². The van der Waals surface area contributed by atoms with Crippen molar-refractivity contribution in [1.82, 2.24) is 0 Å². The maximum absolute atomic E-state index is 12.3. The molecule has 2 aromatic rings. The van der Waals surface area contributed by atoms with Gasteiger partial charge in [0.2, 0.25) is 5.43 Å². The average Bonchev–Trinajstić information content (AvgIpc) is 2.65. The molecule has 0 radical (unpaired) electrons. The molecule has 112 valence electrons. The molecule has 2 aromatic carbocycles. The Hall–Kier alpha value is -1.91. The summed E-state index contributed by atoms with van der Waals surface area (Å²) in [5.41, 5.74) is 0.970. The van der Waals surface area contributed by atoms with Crippen molar-refractivity contribution in [2.75, 3.05) is 12.4 Å². The van der Waals surface area contributed by atoms with Gasteiger partial charge in [0, 0.05) is 16.5 Å². The highest BCUT2D eigenvalue weighted by atomic mass is 79.9. The molecule has 0 heterocycles. The van der Waals surface area contributed by atoms with Gasteiger partial charge in [-0.15, -0.1) is 0 Å². The van der Waals surface area contributed by atoms with Gasteiger partial charge in [-0.3, -0.25) is 9.59 Å². The van der Waals surface area contributed by atoms with E-state index in [2.05, 4.69) is 21.2 Å². The maximum atomic E-state index is 12.3. The van der Waals surface area contributed by atoms with Crippen LogP contribution >= 0.6 is 27.5 Å². The lowest BCUT2D eigenvalue weighted by Crippen LogP contribution is -2.14. The first-order valence-electron chi connectivity index (χ1n) is 6.51. The SMILES string of the molecule is CNc1ccc(Br)cc(C(=O)/C=C\c2ccc(Cl)cc2)c1=O. The van der Waals surface area contributed by atoms with Crippen molar-refractivity contribution in [2.24, 2.45) is 0 Å². The number of nitrogens with one attached hydrogen (secondary N) is 1. The van der Waals surface area contributed by atoms with Gasteiger partial charge in [-0.05, 0) is 42.0 Å². The topological polar surface area (TPSA) is 46.2 Å². The van der Waals surface area contributed by atoms with Crippen LogP contribution in [0.3, 0.4) is 0 Å². The molecule has 3 nitrogen and oxygen atoms in total. The summed E-state index contributed by atoms with van der Waals surface area (Å²) < 4.78 is 0.661. The second kappa shape index (κ2) is 7.38. The van der Waals surface area contributed by atoms with E-state index in [0.717, 1.165) is 5.56 Å². The number of hydrogen-bond acceptors (Lipinski definition) is 3. The van der Waals surface area contributed by atoms with E-state index in [4.69, 9.17) is 11.6 Å². The van der Waals surface area contributed by atoms with E-state index < -0.39 is 0 Å². The third-order valence-electron chi connectivity index (χ3n) is 3.01. The van der Waals surface area contributed by atoms with E-state index in [1.165, 1.54) is 12.1 Å². The highest BCUT2D eigenvalue weighted by molar-refractivity contribution is 9.10. The van der Waals surface area contributed by atoms with Gasteiger partial charge in [0.25, 0.3) is 0 Å². The second-order valence-corrected chi connectivity index (χ2v) is 5.87. The Morgan fingerprint density at radius 1 is 1.18 bits per heavy atom. The van der Waals surface area contributed by atoms with Crippen molar-refractivity contribution in [3.05, 3.63) is 79.4 Å². The summed E-state index contributed by atoms with van der Waals surface area (Å²) in [7, 11) is 1.64. The summed E-state index contributed by atoms with van der Waals surface area (Å²) in [6.45, 7) is 0. The third-order valence-corrected chi connectivity index (χ3v) is 3.76. The zero-order valence-corrected chi connectivity index (χ0v) is 14.1. The van der Waals surface area contributed by atoms with Gasteiger partial charge < -0.3 is 5.32 Å². The van der Waals surface area contributed by atoms with E-state index in [1.807, 2.05) is 0 Å². The number of benzene rings is 1. The predicted octanol–water partition coefficient (Wildman–Crippen LogP) is 4.40. The maximum Gasteiger partial charge on any atom is 0.212 e. The number of carbonyl (C=O) groups is 1. The van der Waals surface area contributed by atoms with Crippen LogP contribution in [0, 0.1) is 0 Å². The molecule has 0 spiro atoms. The Morgan fingerprint density at radius 2 is 1.86 bits per heavy atom. The van der Waals surface area contributed by atoms with Crippen molar-refractivity contribution in [3.63, 3.8) is 0 Å². The van der Waals surface area contributed by atoms with E-state index in [-0.39, 0.29) is 16.8 Å². The summed E-state index contributed by atoms with van der Waals surface area (Å²) >= 11 is 9.12. The summed E-state index contributed by atoms with van der Waals surface area (Å²) in [5.74, 6) is -0.353. The van der Waals surface area contributed by atoms with Gasteiger partial charge in [0.05, 0.1) is 11.3 Å². The molecule has 0 aliphatic carbocycles. The molecular formula is C17H13BrClNO2. The monoisotopic (exact) mass is 377 g/mol. The van der Waals surface area contributed by atoms with Crippen LogP contribution in [0.15, 0.2) is 57.8 Å². The van der Waals surface area contributed by atoms with Gasteiger partial charge in [-0.2, -0.15) is 0 Å². The number of anilines is 1. The van der Waals surface area contributed by atoms with Crippen molar-refractivity contribution in [2.45, 2.75) is 0 Å². The van der Waals surface area contributed by atoms with Crippen LogP contribution in [0.5, 0.6) is 0 Å². The first kappa shape index (κ1) is 16.5. The first-order chi connectivity index (χ1) is 10.5. The third kappa shape index (κ3) is 4.06. The average molecular weight is 379 g/mol. The van der Waals surface area contributed by atoms with Crippen molar-refractivity contribution < 1.29 is 4.79 Å². The Balaban J connectivity index is 2.38. The zero-order chi connectivity index (χ0) is 16.1. The minimum atomic E-state index is -0.353. The van der Waals surface area contributed by atoms with E-state index in [1.54, 1.807) is 49.5 Å². The summed E-state index contributed by atoms with van der Waals surface area (Å²) in [5, 5.41) is 3.42. The molecule has 1 N–H and O–H groups in total. The molecule has 0 aliphatic rings. The van der Waals surface area contributed by atoms with Crippen molar-refractivity contribution in [1.29, 1.82) is 0 Å². The van der Waals surface area contributed by atoms with E-state index >= 15 is 0 Å². The fourth-order valence-corrected chi connectivity index (χ4v) is 2.34. The number of hydrogen-bond donors (Lipinski definition) is 1. The van der Waals surface area contributed by atoms with Crippen LogP contribution in [0.4, 0.5) is 5.69 Å². The summed E-state index contributed by atoms with van der Waals surface area (Å²) in [4.78, 5) is 24.6. The van der Waals surface area contributed by atoms with Crippen molar-refractivity contribution >= 4 is 45.1 Å². The Morgan fingerprint density at radius 3 is 2.50 bits per heavy atom. The van der Waals surface area contributed by atoms with Crippen molar-refractivity contribution in [3.8, 4) is 0 Å². The Labute approximate surface area is 141 Å². The zero-order valence-electron chi connectivity index (χ0n) is 11.8. The van der Waals surface area contributed by atoms with Gasteiger partial charge in [-0.1, -0.05) is 45.7 Å². The number of ketones is 1. The van der Waals surface area contributed by atoms with Gasteiger partial charge in [-0.25, -0.2) is 0 Å². The summed E-state index contributed by atoms with van der Waals surface area (Å²) in [6.07, 6.45) is 3.03. The highest BCUT2D eigenvalue weighted by Crippen LogP contribution is 2.14. The molecule has 0 saturated heterocycles. The molecule has 0 unspecified atom stereocenters. The van der Waals surface area contributed by atoms with E-state index in [0.29, 0.717) is 15.2 Å². The summed E-state index contributed by atoms with van der Waals surface area (Å²) in [6, 6.07) is 11.9. The standard InChI is InChI=1S/C17H13BrClNO2/c1-20-15-8-5-12(18)10-14(17(15)22)16(21)9-4-11-2-6-13(19)7-3-11/h2-10H,1H3,(H,20,22)/b9-4-. The smallest absolute Gasteiger partial charge is 0.212 e. The molecule has 0 aromatic heterocycles. The number of allylic oxidation sites excluding steroid dienone is 1. The normalized spacial score (nSPS) is 10.7. The fourth-order valence-electron chi connectivity index (χ4n) is 1.85. The lowest BCUT2D eigenvalue weighted by molar-refractivity contribution is 0.104.